The summed E-state index contributed by atoms with van der Waals surface area (Å²) in [6, 6.07) is 35.4. The van der Waals surface area contributed by atoms with Crippen molar-refractivity contribution < 1.29 is 14.7 Å². The quantitative estimate of drug-likeness (QED) is 0.232. The van der Waals surface area contributed by atoms with Crippen LogP contribution in [-0.4, -0.2) is 21.2 Å². The first-order valence-corrected chi connectivity index (χ1v) is 12.9. The van der Waals surface area contributed by atoms with E-state index in [1.165, 1.54) is 37.6 Å². The molecule has 2 heterocycles. The molecule has 0 radical (unpaired) electrons. The van der Waals surface area contributed by atoms with Crippen molar-refractivity contribution in [3.8, 4) is 17.3 Å². The summed E-state index contributed by atoms with van der Waals surface area (Å²) in [6.07, 6.45) is 4.08. The average molecular weight is 540 g/mol. The standard InChI is InChI=1S/C33H24N4O4/c38-30-28(31(39)35(25-16-7-2-8-17-25)34(30)24-14-5-1-6-15-24)22-13-23-29-32(40)36(26-18-9-3-10-19-26)37(33(29)41)27-20-11-4-12-21-27/h1-23,38H/p-1/b22-13+. The van der Waals surface area contributed by atoms with Crippen LogP contribution in [-0.2, 0) is 9.59 Å². The van der Waals surface area contributed by atoms with E-state index in [1.807, 2.05) is 24.3 Å². The number of rotatable bonds is 6. The number of allylic oxidation sites excluding steroid dienone is 2. The molecule has 0 spiro atoms. The van der Waals surface area contributed by atoms with Gasteiger partial charge in [-0.1, -0.05) is 78.9 Å². The van der Waals surface area contributed by atoms with Gasteiger partial charge in [0.2, 0.25) is 0 Å². The Balaban J connectivity index is 1.43. The molecule has 2 amide bonds. The van der Waals surface area contributed by atoms with E-state index >= 15 is 0 Å². The lowest BCUT2D eigenvalue weighted by molar-refractivity contribution is -0.278. The summed E-state index contributed by atoms with van der Waals surface area (Å²) in [5, 5.41) is 16.2. The second-order valence-corrected chi connectivity index (χ2v) is 9.16. The maximum atomic E-state index is 13.5. The zero-order valence-corrected chi connectivity index (χ0v) is 21.7. The zero-order chi connectivity index (χ0) is 28.3. The molecule has 8 nitrogen and oxygen atoms in total. The third-order valence-corrected chi connectivity index (χ3v) is 6.62. The SMILES string of the molecule is O=C1C(=C/C=C/c2c([O-])n(-c3ccccc3)n(-c3ccccc3)c2=O)C(=O)N(c2ccccc2)N1c1ccccc1. The number of hydrogen-bond donors (Lipinski definition) is 0. The Morgan fingerprint density at radius 1 is 0.512 bits per heavy atom. The van der Waals surface area contributed by atoms with Crippen LogP contribution in [0.15, 0.2) is 144 Å². The van der Waals surface area contributed by atoms with Gasteiger partial charge < -0.3 is 5.11 Å². The van der Waals surface area contributed by atoms with E-state index in [1.54, 1.807) is 97.1 Å². The number of aromatic nitrogens is 2. The highest BCUT2D eigenvalue weighted by Gasteiger charge is 2.42. The Labute approximate surface area is 235 Å². The molecular formula is C33H23N4O4-. The topological polar surface area (TPSA) is 90.6 Å². The van der Waals surface area contributed by atoms with E-state index in [0.29, 0.717) is 22.7 Å². The first-order valence-electron chi connectivity index (χ1n) is 12.9. The number of hydrazine groups is 1. The van der Waals surface area contributed by atoms with Gasteiger partial charge in [-0.05, 0) is 60.7 Å². The maximum Gasteiger partial charge on any atom is 0.283 e. The monoisotopic (exact) mass is 539 g/mol. The smallest absolute Gasteiger partial charge is 0.283 e. The Kier molecular flexibility index (Phi) is 6.63. The number of para-hydroxylation sites is 4. The maximum absolute atomic E-state index is 13.5. The largest absolute Gasteiger partial charge is 0.858 e. The van der Waals surface area contributed by atoms with Crippen LogP contribution in [0.1, 0.15) is 5.56 Å². The Bertz CT molecular complexity index is 1780. The molecule has 1 saturated heterocycles. The first-order chi connectivity index (χ1) is 20.1. The molecule has 1 aromatic heterocycles. The van der Waals surface area contributed by atoms with E-state index < -0.39 is 23.3 Å². The molecule has 6 rings (SSSR count). The summed E-state index contributed by atoms with van der Waals surface area (Å²) in [5.74, 6) is -1.58. The van der Waals surface area contributed by atoms with Crippen molar-refractivity contribution in [3.63, 3.8) is 0 Å². The minimum atomic E-state index is -0.527. The molecule has 0 bridgehead atoms. The molecule has 5 aromatic rings. The first kappa shape index (κ1) is 25.4. The van der Waals surface area contributed by atoms with Crippen LogP contribution >= 0.6 is 0 Å². The van der Waals surface area contributed by atoms with E-state index in [-0.39, 0.29) is 11.1 Å². The van der Waals surface area contributed by atoms with Gasteiger partial charge in [-0.15, -0.1) is 0 Å². The number of anilines is 2. The van der Waals surface area contributed by atoms with Gasteiger partial charge in [-0.25, -0.2) is 14.7 Å². The fourth-order valence-electron chi connectivity index (χ4n) is 4.74. The summed E-state index contributed by atoms with van der Waals surface area (Å²) in [6.45, 7) is 0. The molecule has 0 aliphatic carbocycles. The van der Waals surface area contributed by atoms with E-state index in [9.17, 15) is 19.5 Å². The van der Waals surface area contributed by atoms with Gasteiger partial charge in [0.1, 0.15) is 5.57 Å². The Hall–Kier alpha value is -5.89. The fourth-order valence-corrected chi connectivity index (χ4v) is 4.74. The number of nitrogens with zero attached hydrogens (tertiary/aromatic N) is 4. The molecule has 200 valence electrons. The van der Waals surface area contributed by atoms with Crippen molar-refractivity contribution in [2.75, 3.05) is 10.0 Å². The number of amides is 2. The van der Waals surface area contributed by atoms with Crippen molar-refractivity contribution in [2.45, 2.75) is 0 Å². The van der Waals surface area contributed by atoms with Gasteiger partial charge >= 0.3 is 0 Å². The minimum Gasteiger partial charge on any atom is -0.858 e. The molecule has 1 fully saturated rings. The minimum absolute atomic E-state index is 0.104. The van der Waals surface area contributed by atoms with Crippen LogP contribution in [0.5, 0.6) is 5.88 Å². The molecule has 8 heteroatoms. The molecule has 4 aromatic carbocycles. The summed E-state index contributed by atoms with van der Waals surface area (Å²) in [4.78, 5) is 40.6. The predicted octanol–water partition coefficient (Wildman–Crippen LogP) is 4.64. The average Bonchev–Trinajstić information content (AvgIpc) is 3.42. The summed E-state index contributed by atoms with van der Waals surface area (Å²) in [7, 11) is 0. The predicted molar refractivity (Wildman–Crippen MR) is 156 cm³/mol. The van der Waals surface area contributed by atoms with Gasteiger partial charge in [0.25, 0.3) is 17.4 Å². The van der Waals surface area contributed by atoms with Crippen LogP contribution < -0.4 is 20.7 Å². The van der Waals surface area contributed by atoms with Crippen LogP contribution in [0.2, 0.25) is 0 Å². The normalized spacial score (nSPS) is 13.4. The van der Waals surface area contributed by atoms with Crippen molar-refractivity contribution in [3.05, 3.63) is 155 Å². The number of benzene rings is 4. The third-order valence-electron chi connectivity index (χ3n) is 6.62. The lowest BCUT2D eigenvalue weighted by atomic mass is 10.2. The molecule has 0 unspecified atom stereocenters. The van der Waals surface area contributed by atoms with Crippen molar-refractivity contribution in [1.82, 2.24) is 9.36 Å². The molecule has 41 heavy (non-hydrogen) atoms. The van der Waals surface area contributed by atoms with Crippen LogP contribution in [0.4, 0.5) is 11.4 Å². The summed E-state index contributed by atoms with van der Waals surface area (Å²) < 4.78 is 2.62. The highest BCUT2D eigenvalue weighted by Crippen LogP contribution is 2.31. The second-order valence-electron chi connectivity index (χ2n) is 9.16. The van der Waals surface area contributed by atoms with Gasteiger partial charge in [0.15, 0.2) is 0 Å². The molecule has 1 aliphatic heterocycles. The molecule has 0 atom stereocenters. The molecule has 1 aliphatic rings. The lowest BCUT2D eigenvalue weighted by Crippen LogP contribution is -2.41. The van der Waals surface area contributed by atoms with E-state index in [0.717, 1.165) is 0 Å². The van der Waals surface area contributed by atoms with Gasteiger partial charge in [0.05, 0.1) is 28.3 Å². The summed E-state index contributed by atoms with van der Waals surface area (Å²) >= 11 is 0. The molecular weight excluding hydrogens is 516 g/mol. The van der Waals surface area contributed by atoms with Crippen molar-refractivity contribution >= 4 is 29.3 Å². The highest BCUT2D eigenvalue weighted by atomic mass is 16.3. The number of hydrogen-bond acceptors (Lipinski definition) is 4. The van der Waals surface area contributed by atoms with E-state index in [4.69, 9.17) is 0 Å². The van der Waals surface area contributed by atoms with Crippen molar-refractivity contribution in [2.24, 2.45) is 0 Å². The van der Waals surface area contributed by atoms with Crippen LogP contribution in [0, 0.1) is 0 Å². The second kappa shape index (κ2) is 10.7. The van der Waals surface area contributed by atoms with Crippen molar-refractivity contribution in [1.29, 1.82) is 0 Å². The lowest BCUT2D eigenvalue weighted by Gasteiger charge is -2.27. The van der Waals surface area contributed by atoms with E-state index in [2.05, 4.69) is 0 Å². The van der Waals surface area contributed by atoms with Gasteiger partial charge in [-0.2, -0.15) is 0 Å². The number of carbonyl (C=O) groups excluding carboxylic acids is 2. The van der Waals surface area contributed by atoms with Crippen LogP contribution in [0.3, 0.4) is 0 Å². The molecule has 0 saturated carbocycles. The highest BCUT2D eigenvalue weighted by molar-refractivity contribution is 6.36. The Morgan fingerprint density at radius 3 is 1.34 bits per heavy atom. The fraction of sp³-hybridized carbons (Fsp3) is 0. The third kappa shape index (κ3) is 4.53. The van der Waals surface area contributed by atoms with Crippen LogP contribution in [0.25, 0.3) is 17.5 Å². The number of carbonyl (C=O) groups is 2. The summed E-state index contributed by atoms with van der Waals surface area (Å²) in [5.41, 5.74) is 1.36. The Morgan fingerprint density at radius 2 is 0.902 bits per heavy atom. The van der Waals surface area contributed by atoms with Gasteiger partial charge in [-0.3, -0.25) is 19.1 Å². The van der Waals surface area contributed by atoms with Gasteiger partial charge in [0, 0.05) is 5.88 Å². The zero-order valence-electron chi connectivity index (χ0n) is 21.7. The molecule has 0 N–H and O–H groups in total.